The van der Waals surface area contributed by atoms with Crippen molar-refractivity contribution in [2.24, 2.45) is 4.99 Å². The third-order valence-electron chi connectivity index (χ3n) is 4.66. The van der Waals surface area contributed by atoms with Gasteiger partial charge in [-0.15, -0.1) is 0 Å². The molecule has 0 fully saturated rings. The van der Waals surface area contributed by atoms with E-state index in [-0.39, 0.29) is 11.6 Å². The summed E-state index contributed by atoms with van der Waals surface area (Å²) in [6, 6.07) is 10.4. The van der Waals surface area contributed by atoms with Gasteiger partial charge in [0.25, 0.3) is 0 Å². The lowest BCUT2D eigenvalue weighted by molar-refractivity contribution is -0.138. The molecule has 1 unspecified atom stereocenters. The summed E-state index contributed by atoms with van der Waals surface area (Å²) in [5.74, 6) is 0.903. The van der Waals surface area contributed by atoms with Crippen LogP contribution in [0.15, 0.2) is 41.4 Å². The maximum absolute atomic E-state index is 13.4. The van der Waals surface area contributed by atoms with Gasteiger partial charge < -0.3 is 5.32 Å². The van der Waals surface area contributed by atoms with Crippen molar-refractivity contribution < 1.29 is 13.2 Å². The standard InChI is InChI=1S/C21H23F3N2S/c1-13-9-14(2)11-16(10-13)12-19(26-20-25-7-8-27-20)17-5-4-6-18(15(17)3)21(22,23)24/h4-6,9-11,19H,7-8,12H2,1-3H3,(H,25,26). The maximum Gasteiger partial charge on any atom is 0.416 e. The van der Waals surface area contributed by atoms with Crippen LogP contribution in [-0.2, 0) is 12.6 Å². The smallest absolute Gasteiger partial charge is 0.358 e. The molecule has 1 heterocycles. The van der Waals surface area contributed by atoms with Gasteiger partial charge in [-0.2, -0.15) is 13.2 Å². The molecule has 0 aliphatic carbocycles. The van der Waals surface area contributed by atoms with Gasteiger partial charge >= 0.3 is 6.18 Å². The summed E-state index contributed by atoms with van der Waals surface area (Å²) in [6.07, 6.45) is -3.76. The highest BCUT2D eigenvalue weighted by atomic mass is 32.2. The molecule has 6 heteroatoms. The molecule has 2 aromatic rings. The summed E-state index contributed by atoms with van der Waals surface area (Å²) in [5.41, 5.74) is 3.77. The zero-order chi connectivity index (χ0) is 19.6. The second kappa shape index (κ2) is 7.97. The molecule has 0 radical (unpaired) electrons. The molecular weight excluding hydrogens is 369 g/mol. The Morgan fingerprint density at radius 1 is 1.11 bits per heavy atom. The van der Waals surface area contributed by atoms with Crippen LogP contribution >= 0.6 is 11.8 Å². The topological polar surface area (TPSA) is 24.4 Å². The predicted octanol–water partition coefficient (Wildman–Crippen LogP) is 5.61. The number of benzene rings is 2. The molecule has 0 spiro atoms. The molecule has 0 aromatic heterocycles. The first kappa shape index (κ1) is 19.8. The molecule has 144 valence electrons. The Labute approximate surface area is 162 Å². The van der Waals surface area contributed by atoms with Gasteiger partial charge in [-0.1, -0.05) is 53.2 Å². The Bertz CT molecular complexity index is 839. The number of rotatable bonds is 4. The lowest BCUT2D eigenvalue weighted by Crippen LogP contribution is -2.28. The lowest BCUT2D eigenvalue weighted by Gasteiger charge is -2.24. The minimum absolute atomic E-state index is 0.266. The van der Waals surface area contributed by atoms with E-state index in [1.807, 2.05) is 13.8 Å². The third kappa shape index (κ3) is 4.86. The van der Waals surface area contributed by atoms with Gasteiger partial charge in [0.05, 0.1) is 18.2 Å². The van der Waals surface area contributed by atoms with Crippen molar-refractivity contribution in [3.63, 3.8) is 0 Å². The van der Waals surface area contributed by atoms with E-state index in [2.05, 4.69) is 28.5 Å². The van der Waals surface area contributed by atoms with Crippen molar-refractivity contribution in [2.45, 2.75) is 39.4 Å². The van der Waals surface area contributed by atoms with E-state index in [0.29, 0.717) is 12.0 Å². The Balaban J connectivity index is 1.99. The molecule has 1 aliphatic rings. The highest BCUT2D eigenvalue weighted by Crippen LogP contribution is 2.35. The number of alkyl halides is 3. The number of aryl methyl sites for hydroxylation is 2. The fraction of sp³-hybridized carbons (Fsp3) is 0.381. The van der Waals surface area contributed by atoms with Crippen LogP contribution in [0.3, 0.4) is 0 Å². The van der Waals surface area contributed by atoms with Crippen molar-refractivity contribution in [2.75, 3.05) is 12.3 Å². The van der Waals surface area contributed by atoms with Crippen LogP contribution < -0.4 is 5.32 Å². The number of nitrogens with zero attached hydrogens (tertiary/aromatic N) is 1. The molecule has 1 atom stereocenters. The summed E-state index contributed by atoms with van der Waals surface area (Å²) in [4.78, 5) is 4.42. The van der Waals surface area contributed by atoms with Crippen LogP contribution in [0, 0.1) is 20.8 Å². The van der Waals surface area contributed by atoms with Crippen molar-refractivity contribution >= 4 is 16.9 Å². The summed E-state index contributed by atoms with van der Waals surface area (Å²) < 4.78 is 40.1. The number of aliphatic imine (C=N–C) groups is 1. The number of halogens is 3. The normalized spacial score (nSPS) is 15.6. The van der Waals surface area contributed by atoms with E-state index in [4.69, 9.17) is 0 Å². The monoisotopic (exact) mass is 392 g/mol. The molecule has 27 heavy (non-hydrogen) atoms. The Morgan fingerprint density at radius 2 is 1.81 bits per heavy atom. The fourth-order valence-corrected chi connectivity index (χ4v) is 4.35. The van der Waals surface area contributed by atoms with Crippen LogP contribution in [0.25, 0.3) is 0 Å². The Kier molecular flexibility index (Phi) is 5.84. The molecule has 2 aromatic carbocycles. The van der Waals surface area contributed by atoms with Crippen LogP contribution in [0.5, 0.6) is 0 Å². The van der Waals surface area contributed by atoms with E-state index in [9.17, 15) is 13.2 Å². The SMILES string of the molecule is Cc1cc(C)cc(CC(NC2=NCCS2)c2cccc(C(F)(F)F)c2C)c1. The molecule has 0 saturated heterocycles. The van der Waals surface area contributed by atoms with Gasteiger partial charge in [-0.25, -0.2) is 0 Å². The van der Waals surface area contributed by atoms with Crippen molar-refractivity contribution in [3.05, 3.63) is 69.8 Å². The molecular formula is C21H23F3N2S. The van der Waals surface area contributed by atoms with E-state index in [1.54, 1.807) is 24.8 Å². The second-order valence-corrected chi connectivity index (χ2v) is 8.03. The first-order valence-electron chi connectivity index (χ1n) is 8.91. The van der Waals surface area contributed by atoms with E-state index in [0.717, 1.165) is 40.2 Å². The van der Waals surface area contributed by atoms with Gasteiger partial charge in [-0.05, 0) is 49.9 Å². The second-order valence-electron chi connectivity index (χ2n) is 6.95. The van der Waals surface area contributed by atoms with Crippen molar-refractivity contribution in [1.82, 2.24) is 5.32 Å². The molecule has 0 amide bonds. The van der Waals surface area contributed by atoms with Gasteiger partial charge in [0.15, 0.2) is 5.17 Å². The predicted molar refractivity (Wildman–Crippen MR) is 106 cm³/mol. The number of nitrogens with one attached hydrogen (secondary N) is 1. The van der Waals surface area contributed by atoms with E-state index >= 15 is 0 Å². The Hall–Kier alpha value is -1.95. The minimum Gasteiger partial charge on any atom is -0.358 e. The minimum atomic E-state index is -4.36. The molecule has 3 rings (SSSR count). The average Bonchev–Trinajstić information content (AvgIpc) is 3.05. The highest BCUT2D eigenvalue weighted by molar-refractivity contribution is 8.14. The molecule has 1 N–H and O–H groups in total. The quantitative estimate of drug-likeness (QED) is 0.732. The molecule has 2 nitrogen and oxygen atoms in total. The number of hydrogen-bond donors (Lipinski definition) is 1. The summed E-state index contributed by atoms with van der Waals surface area (Å²) >= 11 is 1.61. The Morgan fingerprint density at radius 3 is 2.41 bits per heavy atom. The average molecular weight is 392 g/mol. The first-order valence-corrected chi connectivity index (χ1v) is 9.90. The van der Waals surface area contributed by atoms with Crippen LogP contribution in [0.2, 0.25) is 0 Å². The van der Waals surface area contributed by atoms with E-state index in [1.165, 1.54) is 6.07 Å². The summed E-state index contributed by atoms with van der Waals surface area (Å²) in [6.45, 7) is 6.36. The van der Waals surface area contributed by atoms with Gasteiger partial charge in [0.2, 0.25) is 0 Å². The van der Waals surface area contributed by atoms with Gasteiger partial charge in [0.1, 0.15) is 0 Å². The largest absolute Gasteiger partial charge is 0.416 e. The molecule has 0 saturated carbocycles. The van der Waals surface area contributed by atoms with Crippen LogP contribution in [0.1, 0.15) is 39.4 Å². The number of amidine groups is 1. The number of hydrogen-bond acceptors (Lipinski definition) is 3. The maximum atomic E-state index is 13.4. The van der Waals surface area contributed by atoms with Gasteiger partial charge in [0, 0.05) is 5.75 Å². The molecule has 0 bridgehead atoms. The zero-order valence-corrected chi connectivity index (χ0v) is 16.5. The number of thioether (sulfide) groups is 1. The summed E-state index contributed by atoms with van der Waals surface area (Å²) in [7, 11) is 0. The van der Waals surface area contributed by atoms with E-state index < -0.39 is 11.7 Å². The zero-order valence-electron chi connectivity index (χ0n) is 15.7. The van der Waals surface area contributed by atoms with Gasteiger partial charge in [-0.3, -0.25) is 4.99 Å². The highest BCUT2D eigenvalue weighted by Gasteiger charge is 2.34. The fourth-order valence-electron chi connectivity index (χ4n) is 3.57. The first-order chi connectivity index (χ1) is 12.7. The van der Waals surface area contributed by atoms with Crippen LogP contribution in [-0.4, -0.2) is 17.5 Å². The van der Waals surface area contributed by atoms with Crippen molar-refractivity contribution in [3.8, 4) is 0 Å². The lowest BCUT2D eigenvalue weighted by atomic mass is 9.91. The van der Waals surface area contributed by atoms with Crippen LogP contribution in [0.4, 0.5) is 13.2 Å². The van der Waals surface area contributed by atoms with Crippen molar-refractivity contribution in [1.29, 1.82) is 0 Å². The summed E-state index contributed by atoms with van der Waals surface area (Å²) in [5, 5.41) is 4.19. The molecule has 1 aliphatic heterocycles. The third-order valence-corrected chi connectivity index (χ3v) is 5.57.